The average molecular weight is 281 g/mol. The Morgan fingerprint density at radius 1 is 1.30 bits per heavy atom. The Labute approximate surface area is 117 Å². The molecule has 1 saturated heterocycles. The Kier molecular flexibility index (Phi) is 4.94. The van der Waals surface area contributed by atoms with Gasteiger partial charge in [-0.25, -0.2) is 4.79 Å². The number of ether oxygens (including phenoxy) is 2. The molecule has 6 heteroatoms. The maximum Gasteiger partial charge on any atom is 0.410 e. The van der Waals surface area contributed by atoms with Gasteiger partial charge in [-0.05, 0) is 5.56 Å². The third kappa shape index (κ3) is 3.47. The van der Waals surface area contributed by atoms with Crippen LogP contribution in [0.3, 0.4) is 0 Å². The number of aliphatic hydroxyl groups excluding tert-OH is 2. The second-order valence-electron chi connectivity index (χ2n) is 4.78. The second-order valence-corrected chi connectivity index (χ2v) is 4.78. The summed E-state index contributed by atoms with van der Waals surface area (Å²) in [6.07, 6.45) is -3.15. The standard InChI is InChI=1S/C14H19NO5/c1-19-12-8-15(7-11(16)13(12)17)14(18)20-9-10-5-3-2-4-6-10/h2-6,11-13,16-17H,7-9H2,1H3/t11-,12+,13+/m0/s1. The summed E-state index contributed by atoms with van der Waals surface area (Å²) < 4.78 is 10.2. The maximum atomic E-state index is 11.9. The summed E-state index contributed by atoms with van der Waals surface area (Å²) in [7, 11) is 1.43. The van der Waals surface area contributed by atoms with Crippen molar-refractivity contribution in [3.63, 3.8) is 0 Å². The smallest absolute Gasteiger partial charge is 0.410 e. The van der Waals surface area contributed by atoms with Gasteiger partial charge < -0.3 is 24.6 Å². The van der Waals surface area contributed by atoms with Gasteiger partial charge in [0, 0.05) is 7.11 Å². The quantitative estimate of drug-likeness (QED) is 0.837. The molecule has 110 valence electrons. The number of hydrogen-bond acceptors (Lipinski definition) is 5. The molecular weight excluding hydrogens is 262 g/mol. The van der Waals surface area contributed by atoms with E-state index in [2.05, 4.69) is 0 Å². The van der Waals surface area contributed by atoms with Gasteiger partial charge in [0.2, 0.25) is 0 Å². The molecule has 1 amide bonds. The van der Waals surface area contributed by atoms with Crippen LogP contribution < -0.4 is 0 Å². The first-order valence-electron chi connectivity index (χ1n) is 6.46. The van der Waals surface area contributed by atoms with Gasteiger partial charge in [0.1, 0.15) is 24.9 Å². The fraction of sp³-hybridized carbons (Fsp3) is 0.500. The molecule has 0 aliphatic carbocycles. The molecular formula is C14H19NO5. The van der Waals surface area contributed by atoms with E-state index in [0.717, 1.165) is 5.56 Å². The Bertz CT molecular complexity index is 438. The number of carbonyl (C=O) groups is 1. The van der Waals surface area contributed by atoms with Crippen molar-refractivity contribution in [2.75, 3.05) is 20.2 Å². The molecule has 6 nitrogen and oxygen atoms in total. The second kappa shape index (κ2) is 6.69. The van der Waals surface area contributed by atoms with E-state index >= 15 is 0 Å². The van der Waals surface area contributed by atoms with Gasteiger partial charge in [-0.2, -0.15) is 0 Å². The Morgan fingerprint density at radius 3 is 2.65 bits per heavy atom. The predicted molar refractivity (Wildman–Crippen MR) is 71.0 cm³/mol. The number of β-amino-alcohol motifs (C(OH)–C–C–N with tert-alkyl or cyclic N) is 1. The molecule has 0 radical (unpaired) electrons. The summed E-state index contributed by atoms with van der Waals surface area (Å²) >= 11 is 0. The molecule has 0 spiro atoms. The van der Waals surface area contributed by atoms with Crippen molar-refractivity contribution >= 4 is 6.09 Å². The number of amides is 1. The number of nitrogens with zero attached hydrogens (tertiary/aromatic N) is 1. The molecule has 1 aromatic rings. The molecule has 1 fully saturated rings. The maximum absolute atomic E-state index is 11.9. The molecule has 0 bridgehead atoms. The van der Waals surface area contributed by atoms with Crippen LogP contribution >= 0.6 is 0 Å². The largest absolute Gasteiger partial charge is 0.445 e. The number of benzene rings is 1. The van der Waals surface area contributed by atoms with E-state index in [1.165, 1.54) is 12.0 Å². The number of methoxy groups -OCH3 is 1. The van der Waals surface area contributed by atoms with Gasteiger partial charge in [0.05, 0.1) is 13.1 Å². The van der Waals surface area contributed by atoms with Gasteiger partial charge in [-0.15, -0.1) is 0 Å². The SMILES string of the molecule is CO[C@@H]1CN(C(=O)OCc2ccccc2)C[C@H](O)[C@H]1O. The zero-order valence-electron chi connectivity index (χ0n) is 11.3. The first kappa shape index (κ1) is 14.8. The number of hydrogen-bond donors (Lipinski definition) is 2. The van der Waals surface area contributed by atoms with Crippen molar-refractivity contribution in [1.82, 2.24) is 4.90 Å². The number of piperidine rings is 1. The first-order chi connectivity index (χ1) is 9.61. The molecule has 2 rings (SSSR count). The zero-order chi connectivity index (χ0) is 14.5. The van der Waals surface area contributed by atoms with Crippen LogP contribution in [-0.4, -0.2) is 59.7 Å². The Hall–Kier alpha value is -1.63. The van der Waals surface area contributed by atoms with E-state index in [-0.39, 0.29) is 19.7 Å². The minimum absolute atomic E-state index is 0.0364. The third-order valence-corrected chi connectivity index (χ3v) is 3.35. The van der Waals surface area contributed by atoms with Crippen LogP contribution in [0, 0.1) is 0 Å². The van der Waals surface area contributed by atoms with Crippen LogP contribution in [0.15, 0.2) is 30.3 Å². The monoisotopic (exact) mass is 281 g/mol. The van der Waals surface area contributed by atoms with Crippen LogP contribution in [0.25, 0.3) is 0 Å². The van der Waals surface area contributed by atoms with Crippen molar-refractivity contribution in [2.45, 2.75) is 24.9 Å². The lowest BCUT2D eigenvalue weighted by Crippen LogP contribution is -2.57. The molecule has 0 saturated carbocycles. The normalized spacial score (nSPS) is 26.4. The van der Waals surface area contributed by atoms with E-state index in [0.29, 0.717) is 0 Å². The minimum Gasteiger partial charge on any atom is -0.445 e. The topological polar surface area (TPSA) is 79.2 Å². The first-order valence-corrected chi connectivity index (χ1v) is 6.46. The van der Waals surface area contributed by atoms with Gasteiger partial charge in [-0.1, -0.05) is 30.3 Å². The summed E-state index contributed by atoms with van der Waals surface area (Å²) in [5, 5.41) is 19.4. The van der Waals surface area contributed by atoms with Crippen molar-refractivity contribution in [3.05, 3.63) is 35.9 Å². The van der Waals surface area contributed by atoms with Crippen LogP contribution in [-0.2, 0) is 16.1 Å². The average Bonchev–Trinajstić information content (AvgIpc) is 2.48. The predicted octanol–water partition coefficient (Wildman–Crippen LogP) is 0.376. The van der Waals surface area contributed by atoms with Crippen LogP contribution in [0.5, 0.6) is 0 Å². The number of aliphatic hydroxyl groups is 2. The number of rotatable bonds is 3. The van der Waals surface area contributed by atoms with E-state index < -0.39 is 24.4 Å². The lowest BCUT2D eigenvalue weighted by Gasteiger charge is -2.37. The zero-order valence-corrected chi connectivity index (χ0v) is 11.3. The van der Waals surface area contributed by atoms with Crippen molar-refractivity contribution < 1.29 is 24.5 Å². The molecule has 0 unspecified atom stereocenters. The van der Waals surface area contributed by atoms with Crippen molar-refractivity contribution in [2.24, 2.45) is 0 Å². The van der Waals surface area contributed by atoms with Gasteiger partial charge >= 0.3 is 6.09 Å². The molecule has 0 aromatic heterocycles. The summed E-state index contributed by atoms with van der Waals surface area (Å²) in [4.78, 5) is 13.3. The molecule has 1 aromatic carbocycles. The van der Waals surface area contributed by atoms with Crippen LogP contribution in [0.2, 0.25) is 0 Å². The third-order valence-electron chi connectivity index (χ3n) is 3.35. The van der Waals surface area contributed by atoms with E-state index in [9.17, 15) is 15.0 Å². The fourth-order valence-electron chi connectivity index (χ4n) is 2.15. The molecule has 2 N–H and O–H groups in total. The summed E-state index contributed by atoms with van der Waals surface area (Å²) in [6, 6.07) is 9.34. The van der Waals surface area contributed by atoms with Gasteiger partial charge in [0.25, 0.3) is 0 Å². The highest BCUT2D eigenvalue weighted by atomic mass is 16.6. The Morgan fingerprint density at radius 2 is 2.00 bits per heavy atom. The number of likely N-dealkylation sites (tertiary alicyclic amines) is 1. The number of carbonyl (C=O) groups excluding carboxylic acids is 1. The van der Waals surface area contributed by atoms with Crippen LogP contribution in [0.4, 0.5) is 4.79 Å². The summed E-state index contributed by atoms with van der Waals surface area (Å²) in [5.41, 5.74) is 0.890. The molecule has 20 heavy (non-hydrogen) atoms. The molecule has 1 aliphatic heterocycles. The lowest BCUT2D eigenvalue weighted by molar-refractivity contribution is -0.118. The van der Waals surface area contributed by atoms with E-state index in [4.69, 9.17) is 9.47 Å². The molecule has 1 aliphatic rings. The molecule has 1 heterocycles. The highest BCUT2D eigenvalue weighted by Gasteiger charge is 2.37. The molecule has 3 atom stereocenters. The highest BCUT2D eigenvalue weighted by molar-refractivity contribution is 5.68. The van der Waals surface area contributed by atoms with Crippen molar-refractivity contribution in [3.8, 4) is 0 Å². The Balaban J connectivity index is 1.89. The highest BCUT2D eigenvalue weighted by Crippen LogP contribution is 2.15. The van der Waals surface area contributed by atoms with Crippen LogP contribution in [0.1, 0.15) is 5.56 Å². The lowest BCUT2D eigenvalue weighted by atomic mass is 10.0. The minimum atomic E-state index is -1.03. The van der Waals surface area contributed by atoms with Crippen molar-refractivity contribution in [1.29, 1.82) is 0 Å². The van der Waals surface area contributed by atoms with E-state index in [1.807, 2.05) is 30.3 Å². The van der Waals surface area contributed by atoms with E-state index in [1.54, 1.807) is 0 Å². The van der Waals surface area contributed by atoms with Gasteiger partial charge in [0.15, 0.2) is 0 Å². The fourth-order valence-corrected chi connectivity index (χ4v) is 2.15. The summed E-state index contributed by atoms with van der Waals surface area (Å²) in [6.45, 7) is 0.406. The van der Waals surface area contributed by atoms with Gasteiger partial charge in [-0.3, -0.25) is 0 Å². The summed E-state index contributed by atoms with van der Waals surface area (Å²) in [5.74, 6) is 0.